The summed E-state index contributed by atoms with van der Waals surface area (Å²) in [5, 5.41) is 2.32. The molecule has 0 saturated carbocycles. The van der Waals surface area contributed by atoms with Gasteiger partial charge in [-0.1, -0.05) is 0 Å². The van der Waals surface area contributed by atoms with Crippen LogP contribution in [0.5, 0.6) is 11.8 Å². The first-order valence-corrected chi connectivity index (χ1v) is 4.93. The van der Waals surface area contributed by atoms with Crippen LogP contribution in [0.2, 0.25) is 0 Å². The van der Waals surface area contributed by atoms with Crippen LogP contribution in [0.15, 0.2) is 6.07 Å². The molecule has 0 radical (unpaired) electrons. The number of aromatic nitrogens is 2. The van der Waals surface area contributed by atoms with Crippen LogP contribution < -0.4 is 14.8 Å². The second kappa shape index (κ2) is 5.19. The Morgan fingerprint density at radius 2 is 1.44 bits per heavy atom. The van der Waals surface area contributed by atoms with E-state index in [-0.39, 0.29) is 5.95 Å². The number of halogens is 6. The lowest BCUT2D eigenvalue weighted by Gasteiger charge is -2.13. The van der Waals surface area contributed by atoms with Gasteiger partial charge in [0.05, 0.1) is 6.07 Å². The Kier molecular flexibility index (Phi) is 4.28. The molecule has 0 aliphatic carbocycles. The number of anilines is 1. The maximum absolute atomic E-state index is 12.4. The number of rotatable bonds is 5. The van der Waals surface area contributed by atoms with Crippen molar-refractivity contribution in [3.8, 4) is 11.8 Å². The molecule has 0 bridgehead atoms. The zero-order valence-corrected chi connectivity index (χ0v) is 10.1. The minimum atomic E-state index is -4.06. The van der Waals surface area contributed by atoms with Crippen LogP contribution in [0, 0.1) is 0 Å². The van der Waals surface area contributed by atoms with Gasteiger partial charge in [-0.3, -0.25) is 0 Å². The highest BCUT2D eigenvalue weighted by Crippen LogP contribution is 2.29. The van der Waals surface area contributed by atoms with Gasteiger partial charge in [-0.05, 0) is 0 Å². The van der Waals surface area contributed by atoms with Gasteiger partial charge in [0.15, 0.2) is 0 Å². The molecule has 0 fully saturated rings. The Labute approximate surface area is 108 Å². The van der Waals surface area contributed by atoms with E-state index in [9.17, 15) is 17.6 Å². The maximum Gasteiger partial charge on any atom is 0.488 e. The molecule has 1 aromatic rings. The molecule has 0 spiro atoms. The van der Waals surface area contributed by atoms with E-state index in [1.165, 1.54) is 7.05 Å². The smallest absolute Gasteiger partial charge is 0.402 e. The molecule has 0 saturated heterocycles. The highest BCUT2D eigenvalue weighted by atomic mass is 35.5. The fourth-order valence-corrected chi connectivity index (χ4v) is 1.02. The van der Waals surface area contributed by atoms with E-state index in [1.54, 1.807) is 0 Å². The van der Waals surface area contributed by atoms with Crippen molar-refractivity contribution in [3.05, 3.63) is 6.07 Å². The number of nitrogens with zero attached hydrogens (tertiary/aromatic N) is 2. The van der Waals surface area contributed by atoms with Crippen molar-refractivity contribution in [1.29, 1.82) is 0 Å². The first-order chi connectivity index (χ1) is 8.09. The third-order valence-corrected chi connectivity index (χ3v) is 1.50. The van der Waals surface area contributed by atoms with Crippen molar-refractivity contribution < 1.29 is 27.0 Å². The van der Waals surface area contributed by atoms with Gasteiger partial charge in [0.2, 0.25) is 17.7 Å². The zero-order chi connectivity index (χ0) is 14.0. The normalized spacial score (nSPS) is 12.2. The highest BCUT2D eigenvalue weighted by Gasteiger charge is 2.31. The lowest BCUT2D eigenvalue weighted by Crippen LogP contribution is -2.19. The molecule has 18 heavy (non-hydrogen) atoms. The fraction of sp³-hybridized carbons (Fsp3) is 0.429. The van der Waals surface area contributed by atoms with Gasteiger partial charge < -0.3 is 14.8 Å². The summed E-state index contributed by atoms with van der Waals surface area (Å²) in [6, 6.07) is 0.577. The Morgan fingerprint density at radius 3 is 1.72 bits per heavy atom. The number of nitrogens with one attached hydrogen (secondary N) is 1. The number of hydrogen-bond acceptors (Lipinski definition) is 5. The molecule has 5 nitrogen and oxygen atoms in total. The van der Waals surface area contributed by atoms with E-state index >= 15 is 0 Å². The molecule has 0 aromatic carbocycles. The summed E-state index contributed by atoms with van der Waals surface area (Å²) in [4.78, 5) is 6.78. The molecule has 0 unspecified atom stereocenters. The summed E-state index contributed by atoms with van der Waals surface area (Å²) in [5.74, 6) is -1.85. The van der Waals surface area contributed by atoms with Crippen LogP contribution in [-0.2, 0) is 0 Å². The van der Waals surface area contributed by atoms with Crippen LogP contribution in [0.1, 0.15) is 0 Å². The van der Waals surface area contributed by atoms with Gasteiger partial charge in [0.25, 0.3) is 0 Å². The Hall–Kier alpha value is -1.22. The van der Waals surface area contributed by atoms with E-state index < -0.39 is 22.9 Å². The van der Waals surface area contributed by atoms with Crippen LogP contribution in [-0.4, -0.2) is 28.2 Å². The van der Waals surface area contributed by atoms with Crippen molar-refractivity contribution in [3.63, 3.8) is 0 Å². The minimum Gasteiger partial charge on any atom is -0.402 e. The Morgan fingerprint density at radius 1 is 1.06 bits per heavy atom. The fourth-order valence-electron chi connectivity index (χ4n) is 0.857. The van der Waals surface area contributed by atoms with E-state index in [1.807, 2.05) is 0 Å². The van der Waals surface area contributed by atoms with E-state index in [0.29, 0.717) is 6.07 Å². The van der Waals surface area contributed by atoms with Gasteiger partial charge in [-0.2, -0.15) is 9.97 Å². The molecular weight excluding hydrogens is 305 g/mol. The largest absolute Gasteiger partial charge is 0.488 e. The van der Waals surface area contributed by atoms with Gasteiger partial charge in [0.1, 0.15) is 0 Å². The quantitative estimate of drug-likeness (QED) is 0.669. The summed E-state index contributed by atoms with van der Waals surface area (Å²) in [6.45, 7) is 0. The molecule has 0 aliphatic rings. The monoisotopic (exact) mass is 309 g/mol. The van der Waals surface area contributed by atoms with Crippen molar-refractivity contribution in [2.75, 3.05) is 12.4 Å². The predicted octanol–water partition coefficient (Wildman–Crippen LogP) is 2.85. The van der Waals surface area contributed by atoms with Crippen LogP contribution in [0.4, 0.5) is 23.5 Å². The van der Waals surface area contributed by atoms with E-state index in [2.05, 4.69) is 48.0 Å². The summed E-state index contributed by atoms with van der Waals surface area (Å²) in [5.41, 5.74) is -8.11. The van der Waals surface area contributed by atoms with Gasteiger partial charge in [0, 0.05) is 30.2 Å². The summed E-state index contributed by atoms with van der Waals surface area (Å²) in [6.07, 6.45) is 0. The molecule has 11 heteroatoms. The molecule has 1 rings (SSSR count). The van der Waals surface area contributed by atoms with Crippen LogP contribution >= 0.6 is 23.2 Å². The lowest BCUT2D eigenvalue weighted by molar-refractivity contribution is -0.104. The molecule has 102 valence electrons. The van der Waals surface area contributed by atoms with E-state index in [4.69, 9.17) is 0 Å². The molecule has 0 atom stereocenters. The molecule has 0 amide bonds. The third-order valence-electron chi connectivity index (χ3n) is 1.34. The zero-order valence-electron chi connectivity index (χ0n) is 8.56. The minimum absolute atomic E-state index is 0.302. The topological polar surface area (TPSA) is 56.3 Å². The van der Waals surface area contributed by atoms with Gasteiger partial charge >= 0.3 is 11.1 Å². The van der Waals surface area contributed by atoms with Crippen molar-refractivity contribution in [2.24, 2.45) is 0 Å². The number of alkyl halides is 6. The molecular formula is C7H5Cl2F4N3O2. The van der Waals surface area contributed by atoms with Crippen LogP contribution in [0.3, 0.4) is 0 Å². The molecule has 1 heterocycles. The maximum atomic E-state index is 12.4. The first kappa shape index (κ1) is 14.8. The predicted molar refractivity (Wildman–Crippen MR) is 54.4 cm³/mol. The summed E-state index contributed by atoms with van der Waals surface area (Å²) in [7, 11) is 1.32. The van der Waals surface area contributed by atoms with Crippen molar-refractivity contribution in [2.45, 2.75) is 11.1 Å². The second-order valence-corrected chi connectivity index (χ2v) is 3.59. The SMILES string of the molecule is CNc1nc(OC(F)(F)Cl)cc(OC(F)(F)Cl)n1. The standard InChI is InChI=1S/C7H5Cl2F4N3O2/c1-14-5-15-3(17-6(8,10)11)2-4(16-5)18-7(9,12)13/h2H,1H3,(H,14,15,16). The Balaban J connectivity index is 3.02. The number of hydrogen-bond donors (Lipinski definition) is 1. The van der Waals surface area contributed by atoms with Crippen molar-refractivity contribution in [1.82, 2.24) is 9.97 Å². The first-order valence-electron chi connectivity index (χ1n) is 4.17. The average Bonchev–Trinajstić information content (AvgIpc) is 2.11. The molecule has 1 aromatic heterocycles. The van der Waals surface area contributed by atoms with Crippen LogP contribution in [0.25, 0.3) is 0 Å². The highest BCUT2D eigenvalue weighted by molar-refractivity contribution is 6.21. The van der Waals surface area contributed by atoms with Gasteiger partial charge in [-0.25, -0.2) is 0 Å². The lowest BCUT2D eigenvalue weighted by atomic mass is 10.6. The van der Waals surface area contributed by atoms with Crippen molar-refractivity contribution >= 4 is 29.2 Å². The second-order valence-electron chi connectivity index (χ2n) is 2.71. The third kappa shape index (κ3) is 5.41. The summed E-state index contributed by atoms with van der Waals surface area (Å²) < 4.78 is 57.2. The average molecular weight is 310 g/mol. The molecule has 1 N–H and O–H groups in total. The number of ether oxygens (including phenoxy) is 2. The van der Waals surface area contributed by atoms with Gasteiger partial charge in [-0.15, -0.1) is 17.6 Å². The van der Waals surface area contributed by atoms with E-state index in [0.717, 1.165) is 0 Å². The Bertz CT molecular complexity index is 390. The molecule has 0 aliphatic heterocycles. The summed E-state index contributed by atoms with van der Waals surface area (Å²) >= 11 is 8.99.